The maximum Gasteiger partial charge on any atom is 0.133 e. The molecule has 2 nitrogen and oxygen atoms in total. The lowest BCUT2D eigenvalue weighted by Crippen LogP contribution is -2.37. The summed E-state index contributed by atoms with van der Waals surface area (Å²) in [7, 11) is 1.89. The first-order valence-electron chi connectivity index (χ1n) is 7.01. The Bertz CT molecular complexity index is 646. The van der Waals surface area contributed by atoms with Gasteiger partial charge in [-0.2, -0.15) is 0 Å². The Morgan fingerprint density at radius 3 is 2.90 bits per heavy atom. The van der Waals surface area contributed by atoms with Gasteiger partial charge in [-0.3, -0.25) is 0 Å². The number of halogens is 1. The van der Waals surface area contributed by atoms with Crippen LogP contribution in [-0.4, -0.2) is 18.9 Å². The Morgan fingerprint density at radius 1 is 1.29 bits per heavy atom. The molecule has 1 heterocycles. The van der Waals surface area contributed by atoms with E-state index in [1.807, 2.05) is 38.2 Å². The van der Waals surface area contributed by atoms with E-state index in [2.05, 4.69) is 11.4 Å². The van der Waals surface area contributed by atoms with Crippen molar-refractivity contribution in [3.05, 3.63) is 59.4 Å². The second kappa shape index (κ2) is 6.08. The summed E-state index contributed by atoms with van der Waals surface area (Å²) >= 11 is 1.79. The molecule has 2 aromatic rings. The van der Waals surface area contributed by atoms with Crippen LogP contribution >= 0.6 is 11.8 Å². The number of rotatable bonds is 3. The molecule has 0 aliphatic carbocycles. The molecule has 0 bridgehead atoms. The van der Waals surface area contributed by atoms with Crippen molar-refractivity contribution in [1.29, 1.82) is 0 Å². The van der Waals surface area contributed by atoms with Crippen molar-refractivity contribution in [2.24, 2.45) is 0 Å². The van der Waals surface area contributed by atoms with Crippen LogP contribution in [0.1, 0.15) is 17.2 Å². The second-order valence-corrected chi connectivity index (χ2v) is 6.24. The summed E-state index contributed by atoms with van der Waals surface area (Å²) in [4.78, 5) is 1.17. The molecule has 0 spiro atoms. The molecule has 0 saturated heterocycles. The predicted octanol–water partition coefficient (Wildman–Crippen LogP) is 3.95. The maximum absolute atomic E-state index is 13.6. The molecule has 0 saturated carbocycles. The second-order valence-electron chi connectivity index (χ2n) is 5.18. The number of fused-ring (bicyclic) bond motifs is 1. The lowest BCUT2D eigenvalue weighted by molar-refractivity contribution is 0.170. The quantitative estimate of drug-likeness (QED) is 0.928. The maximum atomic E-state index is 13.6. The normalized spacial score (nSPS) is 18.7. The van der Waals surface area contributed by atoms with E-state index in [4.69, 9.17) is 4.74 Å². The SMILES string of the molecule is CNC(c1cc(F)ccc1C)C1CSc2ccccc2O1. The van der Waals surface area contributed by atoms with E-state index in [9.17, 15) is 4.39 Å². The molecule has 0 amide bonds. The van der Waals surface area contributed by atoms with E-state index in [-0.39, 0.29) is 18.0 Å². The van der Waals surface area contributed by atoms with Gasteiger partial charge in [0.1, 0.15) is 17.7 Å². The molecule has 0 radical (unpaired) electrons. The number of aryl methyl sites for hydroxylation is 1. The average Bonchev–Trinajstić information content (AvgIpc) is 2.51. The monoisotopic (exact) mass is 303 g/mol. The fourth-order valence-corrected chi connectivity index (χ4v) is 3.73. The molecule has 21 heavy (non-hydrogen) atoms. The van der Waals surface area contributed by atoms with Crippen molar-refractivity contribution >= 4 is 11.8 Å². The molecule has 3 rings (SSSR count). The van der Waals surface area contributed by atoms with Crippen molar-refractivity contribution in [2.75, 3.05) is 12.8 Å². The van der Waals surface area contributed by atoms with Gasteiger partial charge in [0.2, 0.25) is 0 Å². The van der Waals surface area contributed by atoms with Crippen molar-refractivity contribution < 1.29 is 9.13 Å². The van der Waals surface area contributed by atoms with Crippen molar-refractivity contribution in [1.82, 2.24) is 5.32 Å². The minimum atomic E-state index is -0.209. The van der Waals surface area contributed by atoms with Gasteiger partial charge in [-0.1, -0.05) is 18.2 Å². The van der Waals surface area contributed by atoms with Crippen LogP contribution in [0.2, 0.25) is 0 Å². The van der Waals surface area contributed by atoms with Crippen molar-refractivity contribution in [3.8, 4) is 5.75 Å². The molecular formula is C17H18FNOS. The molecular weight excluding hydrogens is 285 g/mol. The third-order valence-electron chi connectivity index (χ3n) is 3.79. The summed E-state index contributed by atoms with van der Waals surface area (Å²) in [6, 6.07) is 12.9. The van der Waals surface area contributed by atoms with E-state index in [1.54, 1.807) is 17.8 Å². The van der Waals surface area contributed by atoms with Gasteiger partial charge in [-0.15, -0.1) is 11.8 Å². The van der Waals surface area contributed by atoms with Crippen LogP contribution in [0, 0.1) is 12.7 Å². The number of hydrogen-bond acceptors (Lipinski definition) is 3. The Morgan fingerprint density at radius 2 is 2.10 bits per heavy atom. The first-order valence-corrected chi connectivity index (χ1v) is 7.99. The Labute approximate surface area is 128 Å². The van der Waals surface area contributed by atoms with Crippen LogP contribution in [0.3, 0.4) is 0 Å². The Balaban J connectivity index is 1.90. The van der Waals surface area contributed by atoms with Crippen LogP contribution in [0.4, 0.5) is 4.39 Å². The highest BCUT2D eigenvalue weighted by molar-refractivity contribution is 7.99. The predicted molar refractivity (Wildman–Crippen MR) is 84.5 cm³/mol. The summed E-state index contributed by atoms with van der Waals surface area (Å²) < 4.78 is 19.7. The minimum Gasteiger partial charge on any atom is -0.486 e. The number of hydrogen-bond donors (Lipinski definition) is 1. The van der Waals surface area contributed by atoms with E-state index in [0.717, 1.165) is 22.6 Å². The van der Waals surface area contributed by atoms with Gasteiger partial charge in [0, 0.05) is 10.6 Å². The fourth-order valence-electron chi connectivity index (χ4n) is 2.69. The molecule has 2 aromatic carbocycles. The summed E-state index contributed by atoms with van der Waals surface area (Å²) in [5.74, 6) is 1.55. The zero-order chi connectivity index (χ0) is 14.8. The topological polar surface area (TPSA) is 21.3 Å². The molecule has 1 aliphatic heterocycles. The first kappa shape index (κ1) is 14.4. The summed E-state index contributed by atoms with van der Waals surface area (Å²) in [5.41, 5.74) is 2.03. The number of likely N-dealkylation sites (N-methyl/N-ethyl adjacent to an activating group) is 1. The first-order chi connectivity index (χ1) is 10.2. The summed E-state index contributed by atoms with van der Waals surface area (Å²) in [5, 5.41) is 3.28. The zero-order valence-corrected chi connectivity index (χ0v) is 12.9. The highest BCUT2D eigenvalue weighted by Gasteiger charge is 2.29. The van der Waals surface area contributed by atoms with Gasteiger partial charge in [0.15, 0.2) is 0 Å². The molecule has 1 aliphatic rings. The number of thioether (sulfide) groups is 1. The lowest BCUT2D eigenvalue weighted by atomic mass is 9.97. The molecule has 2 unspecified atom stereocenters. The molecule has 0 fully saturated rings. The van der Waals surface area contributed by atoms with Gasteiger partial charge in [-0.25, -0.2) is 4.39 Å². The van der Waals surface area contributed by atoms with E-state index >= 15 is 0 Å². The zero-order valence-electron chi connectivity index (χ0n) is 12.1. The van der Waals surface area contributed by atoms with Gasteiger partial charge >= 0.3 is 0 Å². The third-order valence-corrected chi connectivity index (χ3v) is 4.93. The van der Waals surface area contributed by atoms with Gasteiger partial charge < -0.3 is 10.1 Å². The average molecular weight is 303 g/mol. The minimum absolute atomic E-state index is 0.0181. The van der Waals surface area contributed by atoms with Crippen LogP contribution in [0.15, 0.2) is 47.4 Å². The number of para-hydroxylation sites is 1. The van der Waals surface area contributed by atoms with E-state index in [0.29, 0.717) is 0 Å². The Kier molecular flexibility index (Phi) is 4.17. The van der Waals surface area contributed by atoms with E-state index < -0.39 is 0 Å². The van der Waals surface area contributed by atoms with Crippen LogP contribution in [-0.2, 0) is 0 Å². The van der Waals surface area contributed by atoms with Crippen LogP contribution in [0.5, 0.6) is 5.75 Å². The number of benzene rings is 2. The number of nitrogens with one attached hydrogen (secondary N) is 1. The fraction of sp³-hybridized carbons (Fsp3) is 0.294. The van der Waals surface area contributed by atoms with Crippen molar-refractivity contribution in [2.45, 2.75) is 24.0 Å². The summed E-state index contributed by atoms with van der Waals surface area (Å²) in [6.07, 6.45) is -0.0181. The van der Waals surface area contributed by atoms with Crippen molar-refractivity contribution in [3.63, 3.8) is 0 Å². The highest BCUT2D eigenvalue weighted by atomic mass is 32.2. The molecule has 110 valence electrons. The largest absolute Gasteiger partial charge is 0.486 e. The standard InChI is InChI=1S/C17H18FNOS/c1-11-7-8-12(18)9-13(11)17(19-2)15-10-21-16-6-4-3-5-14(16)20-15/h3-9,15,17,19H,10H2,1-2H3. The molecule has 4 heteroatoms. The van der Waals surface area contributed by atoms with Gasteiger partial charge in [0.05, 0.1) is 6.04 Å². The van der Waals surface area contributed by atoms with Crippen LogP contribution < -0.4 is 10.1 Å². The van der Waals surface area contributed by atoms with Crippen LogP contribution in [0.25, 0.3) is 0 Å². The highest BCUT2D eigenvalue weighted by Crippen LogP contribution is 2.38. The molecule has 0 aromatic heterocycles. The van der Waals surface area contributed by atoms with Gasteiger partial charge in [0.25, 0.3) is 0 Å². The summed E-state index contributed by atoms with van der Waals surface area (Å²) in [6.45, 7) is 2.00. The van der Waals surface area contributed by atoms with Gasteiger partial charge in [-0.05, 0) is 49.4 Å². The number of ether oxygens (including phenoxy) is 1. The van der Waals surface area contributed by atoms with E-state index in [1.165, 1.54) is 11.0 Å². The third kappa shape index (κ3) is 2.92. The lowest BCUT2D eigenvalue weighted by Gasteiger charge is -2.32. The molecule has 2 atom stereocenters. The Hall–Kier alpha value is -1.52. The molecule has 1 N–H and O–H groups in total. The smallest absolute Gasteiger partial charge is 0.133 e.